The van der Waals surface area contributed by atoms with Gasteiger partial charge in [-0.15, -0.1) is 11.3 Å². The molecule has 0 aliphatic carbocycles. The van der Waals surface area contributed by atoms with Crippen LogP contribution in [0.15, 0.2) is 46.0 Å². The van der Waals surface area contributed by atoms with Gasteiger partial charge in [-0.3, -0.25) is 9.10 Å². The number of amides is 1. The van der Waals surface area contributed by atoms with Crippen LogP contribution in [0.2, 0.25) is 0 Å². The first-order valence-corrected chi connectivity index (χ1v) is 8.86. The Morgan fingerprint density at radius 3 is 2.59 bits per heavy atom. The maximum atomic E-state index is 14.0. The summed E-state index contributed by atoms with van der Waals surface area (Å²) in [5.74, 6) is -1.20. The van der Waals surface area contributed by atoms with E-state index in [4.69, 9.17) is 0 Å². The third-order valence-corrected chi connectivity index (χ3v) is 5.95. The van der Waals surface area contributed by atoms with Crippen molar-refractivity contribution in [3.63, 3.8) is 0 Å². The third-order valence-electron chi connectivity index (χ3n) is 2.82. The first-order chi connectivity index (χ1) is 10.5. The van der Waals surface area contributed by atoms with Crippen LogP contribution in [-0.4, -0.2) is 27.4 Å². The van der Waals surface area contributed by atoms with Crippen LogP contribution in [0.3, 0.4) is 0 Å². The first-order valence-electron chi connectivity index (χ1n) is 6.54. The van der Waals surface area contributed by atoms with Crippen molar-refractivity contribution in [3.8, 4) is 0 Å². The van der Waals surface area contributed by atoms with Gasteiger partial charge < -0.3 is 5.32 Å². The van der Waals surface area contributed by atoms with E-state index in [1.807, 2.05) is 0 Å². The lowest BCUT2D eigenvalue weighted by molar-refractivity contribution is -0.119. The van der Waals surface area contributed by atoms with Crippen molar-refractivity contribution in [1.82, 2.24) is 5.32 Å². The zero-order chi connectivity index (χ0) is 16.2. The SMILES string of the molecule is CCNC(=O)CN(c1ccccc1F)S(=O)(=O)c1cccs1. The van der Waals surface area contributed by atoms with Gasteiger partial charge in [-0.25, -0.2) is 12.8 Å². The van der Waals surface area contributed by atoms with Crippen LogP contribution < -0.4 is 9.62 Å². The van der Waals surface area contributed by atoms with E-state index in [0.717, 1.165) is 21.7 Å². The average Bonchev–Trinajstić information content (AvgIpc) is 3.01. The highest BCUT2D eigenvalue weighted by Crippen LogP contribution is 2.28. The van der Waals surface area contributed by atoms with Gasteiger partial charge in [-0.2, -0.15) is 0 Å². The molecular weight excluding hydrogens is 327 g/mol. The number of hydrogen-bond donors (Lipinski definition) is 1. The molecule has 22 heavy (non-hydrogen) atoms. The van der Waals surface area contributed by atoms with Crippen LogP contribution in [-0.2, 0) is 14.8 Å². The van der Waals surface area contributed by atoms with Crippen molar-refractivity contribution < 1.29 is 17.6 Å². The quantitative estimate of drug-likeness (QED) is 0.875. The van der Waals surface area contributed by atoms with Crippen LogP contribution in [0.1, 0.15) is 6.92 Å². The lowest BCUT2D eigenvalue weighted by atomic mass is 10.3. The predicted molar refractivity (Wildman–Crippen MR) is 83.9 cm³/mol. The lowest BCUT2D eigenvalue weighted by Gasteiger charge is -2.23. The van der Waals surface area contributed by atoms with Crippen LogP contribution in [0, 0.1) is 5.82 Å². The molecule has 1 aromatic carbocycles. The topological polar surface area (TPSA) is 66.5 Å². The summed E-state index contributed by atoms with van der Waals surface area (Å²) < 4.78 is 40.2. The minimum Gasteiger partial charge on any atom is -0.355 e. The number of para-hydroxylation sites is 1. The zero-order valence-electron chi connectivity index (χ0n) is 11.8. The number of likely N-dealkylation sites (N-methyl/N-ethyl adjacent to an activating group) is 1. The minimum atomic E-state index is -4.00. The number of benzene rings is 1. The number of carbonyl (C=O) groups excluding carboxylic acids is 1. The maximum absolute atomic E-state index is 14.0. The molecule has 5 nitrogen and oxygen atoms in total. The Kier molecular flexibility index (Phi) is 5.15. The fourth-order valence-corrected chi connectivity index (χ4v) is 4.39. The number of halogens is 1. The smallest absolute Gasteiger partial charge is 0.274 e. The summed E-state index contributed by atoms with van der Waals surface area (Å²) in [5, 5.41) is 4.13. The summed E-state index contributed by atoms with van der Waals surface area (Å²) >= 11 is 1.02. The molecule has 0 aliphatic rings. The van der Waals surface area contributed by atoms with E-state index in [9.17, 15) is 17.6 Å². The molecule has 1 heterocycles. The van der Waals surface area contributed by atoms with E-state index in [1.165, 1.54) is 24.3 Å². The van der Waals surface area contributed by atoms with Gasteiger partial charge in [-0.1, -0.05) is 18.2 Å². The molecule has 2 aromatic rings. The van der Waals surface area contributed by atoms with Gasteiger partial charge in [0.05, 0.1) is 5.69 Å². The molecule has 0 unspecified atom stereocenters. The Morgan fingerprint density at radius 1 is 1.27 bits per heavy atom. The second-order valence-corrected chi connectivity index (χ2v) is 7.39. The first kappa shape index (κ1) is 16.4. The van der Waals surface area contributed by atoms with Crippen molar-refractivity contribution in [3.05, 3.63) is 47.6 Å². The number of hydrogen-bond acceptors (Lipinski definition) is 4. The van der Waals surface area contributed by atoms with Crippen molar-refractivity contribution in [2.24, 2.45) is 0 Å². The zero-order valence-corrected chi connectivity index (χ0v) is 13.5. The normalized spacial score (nSPS) is 11.2. The minimum absolute atomic E-state index is 0.0556. The summed E-state index contributed by atoms with van der Waals surface area (Å²) in [4.78, 5) is 11.8. The molecule has 0 aliphatic heterocycles. The highest BCUT2D eigenvalue weighted by atomic mass is 32.2. The van der Waals surface area contributed by atoms with E-state index >= 15 is 0 Å². The summed E-state index contributed by atoms with van der Waals surface area (Å²) in [7, 11) is -4.00. The molecular formula is C14H15FN2O3S2. The molecule has 0 atom stereocenters. The van der Waals surface area contributed by atoms with Gasteiger partial charge in [-0.05, 0) is 30.5 Å². The number of sulfonamides is 1. The second kappa shape index (κ2) is 6.89. The molecule has 0 bridgehead atoms. The molecule has 0 saturated heterocycles. The summed E-state index contributed by atoms with van der Waals surface area (Å²) in [5.41, 5.74) is -0.151. The van der Waals surface area contributed by atoms with E-state index in [2.05, 4.69) is 5.32 Å². The Hall–Kier alpha value is -1.93. The fourth-order valence-electron chi connectivity index (χ4n) is 1.86. The summed E-state index contributed by atoms with van der Waals surface area (Å²) in [6.07, 6.45) is 0. The molecule has 0 fully saturated rings. The number of thiophene rings is 1. The van der Waals surface area contributed by atoms with Crippen LogP contribution in [0.5, 0.6) is 0 Å². The number of anilines is 1. The Bertz CT molecular complexity index is 745. The molecule has 1 amide bonds. The number of carbonyl (C=O) groups is 1. The van der Waals surface area contributed by atoms with E-state index in [1.54, 1.807) is 18.4 Å². The molecule has 0 saturated carbocycles. The Balaban J connectivity index is 2.47. The highest BCUT2D eigenvalue weighted by Gasteiger charge is 2.29. The van der Waals surface area contributed by atoms with E-state index in [-0.39, 0.29) is 9.90 Å². The predicted octanol–water partition coefficient (Wildman–Crippen LogP) is 2.22. The lowest BCUT2D eigenvalue weighted by Crippen LogP contribution is -2.41. The van der Waals surface area contributed by atoms with Gasteiger partial charge in [0, 0.05) is 6.54 Å². The molecule has 8 heteroatoms. The van der Waals surface area contributed by atoms with Gasteiger partial charge in [0.15, 0.2) is 0 Å². The molecule has 0 spiro atoms. The summed E-state index contributed by atoms with van der Waals surface area (Å²) in [6, 6.07) is 8.48. The third kappa shape index (κ3) is 3.45. The second-order valence-electron chi connectivity index (χ2n) is 4.35. The maximum Gasteiger partial charge on any atom is 0.274 e. The van der Waals surface area contributed by atoms with E-state index in [0.29, 0.717) is 6.54 Å². The molecule has 1 N–H and O–H groups in total. The number of nitrogens with one attached hydrogen (secondary N) is 1. The van der Waals surface area contributed by atoms with Crippen molar-refractivity contribution in [2.75, 3.05) is 17.4 Å². The molecule has 0 radical (unpaired) electrons. The monoisotopic (exact) mass is 342 g/mol. The van der Waals surface area contributed by atoms with Gasteiger partial charge in [0.2, 0.25) is 5.91 Å². The average molecular weight is 342 g/mol. The van der Waals surface area contributed by atoms with Crippen molar-refractivity contribution in [1.29, 1.82) is 0 Å². The molecule has 2 rings (SSSR count). The van der Waals surface area contributed by atoms with Gasteiger partial charge >= 0.3 is 0 Å². The Labute approximate surface area is 132 Å². The van der Waals surface area contributed by atoms with Crippen molar-refractivity contribution in [2.45, 2.75) is 11.1 Å². The number of rotatable bonds is 6. The summed E-state index contributed by atoms with van der Waals surface area (Å²) in [6.45, 7) is 1.61. The standard InChI is InChI=1S/C14H15FN2O3S2/c1-2-16-13(18)10-17(12-7-4-3-6-11(12)15)22(19,20)14-8-5-9-21-14/h3-9H,2,10H2,1H3,(H,16,18). The number of nitrogens with zero attached hydrogens (tertiary/aromatic N) is 1. The molecule has 118 valence electrons. The van der Waals surface area contributed by atoms with Crippen LogP contribution in [0.4, 0.5) is 10.1 Å². The highest BCUT2D eigenvalue weighted by molar-refractivity contribution is 7.94. The van der Waals surface area contributed by atoms with Crippen molar-refractivity contribution >= 4 is 33.0 Å². The van der Waals surface area contributed by atoms with Gasteiger partial charge in [0.1, 0.15) is 16.6 Å². The van der Waals surface area contributed by atoms with Crippen LogP contribution in [0.25, 0.3) is 0 Å². The van der Waals surface area contributed by atoms with Gasteiger partial charge in [0.25, 0.3) is 10.0 Å². The Morgan fingerprint density at radius 2 is 2.00 bits per heavy atom. The fraction of sp³-hybridized carbons (Fsp3) is 0.214. The largest absolute Gasteiger partial charge is 0.355 e. The molecule has 1 aromatic heterocycles. The van der Waals surface area contributed by atoms with Crippen LogP contribution >= 0.6 is 11.3 Å². The van der Waals surface area contributed by atoms with E-state index < -0.39 is 28.3 Å².